The van der Waals surface area contributed by atoms with Gasteiger partial charge in [-0.25, -0.2) is 0 Å². The van der Waals surface area contributed by atoms with Gasteiger partial charge < -0.3 is 14.5 Å². The summed E-state index contributed by atoms with van der Waals surface area (Å²) in [5.74, 6) is 1.17. The number of nitrogens with zero attached hydrogens (tertiary/aromatic N) is 3. The van der Waals surface area contributed by atoms with E-state index in [2.05, 4.69) is 44.7 Å². The van der Waals surface area contributed by atoms with E-state index in [-0.39, 0.29) is 23.8 Å². The molecule has 1 aromatic heterocycles. The van der Waals surface area contributed by atoms with Crippen LogP contribution in [-0.4, -0.2) is 45.4 Å². The molecular formula is C25H30N4O3S. The molecule has 8 heteroatoms. The summed E-state index contributed by atoms with van der Waals surface area (Å²) in [7, 11) is 0. The molecule has 0 spiro atoms. The minimum atomic E-state index is -0.332. The maximum absolute atomic E-state index is 12.7. The fraction of sp³-hybridized carbons (Fsp3) is 0.400. The molecule has 2 heterocycles. The molecule has 3 aromatic rings. The lowest BCUT2D eigenvalue weighted by atomic mass is 10.1. The Labute approximate surface area is 198 Å². The molecule has 1 saturated heterocycles. The molecule has 0 bridgehead atoms. The standard InChI is InChI=1S/C25H30N4O3S/c1-17-9-10-18(2)22(13-17)31-16-23-27-28-25(32-23)33-19(3)24(30)26-21-11-12-29(15-21)14-20-7-5-4-6-8-20/h4-10,13,19,21H,11-12,14-16H2,1-3H3,(H,26,30)/t19-,21+/m0/s1. The third-order valence-corrected chi connectivity index (χ3v) is 6.59. The summed E-state index contributed by atoms with van der Waals surface area (Å²) in [6.45, 7) is 8.81. The second-order valence-corrected chi connectivity index (χ2v) is 9.79. The zero-order valence-electron chi connectivity index (χ0n) is 19.3. The SMILES string of the molecule is Cc1ccc(C)c(OCc2nnc(S[C@@H](C)C(=O)N[C@@H]3CCN(Cc4ccccc4)C3)o2)c1. The van der Waals surface area contributed by atoms with Gasteiger partial charge in [0.15, 0.2) is 6.61 Å². The highest BCUT2D eigenvalue weighted by Gasteiger charge is 2.26. The van der Waals surface area contributed by atoms with E-state index in [1.165, 1.54) is 17.3 Å². The number of ether oxygens (including phenoxy) is 1. The zero-order valence-corrected chi connectivity index (χ0v) is 20.1. The highest BCUT2D eigenvalue weighted by molar-refractivity contribution is 8.00. The van der Waals surface area contributed by atoms with Gasteiger partial charge in [0.1, 0.15) is 5.75 Å². The van der Waals surface area contributed by atoms with Crippen molar-refractivity contribution in [2.45, 2.75) is 56.9 Å². The Morgan fingerprint density at radius 3 is 2.88 bits per heavy atom. The van der Waals surface area contributed by atoms with Crippen molar-refractivity contribution in [1.82, 2.24) is 20.4 Å². The fourth-order valence-corrected chi connectivity index (χ4v) is 4.52. The molecule has 1 amide bonds. The minimum absolute atomic E-state index is 0.0158. The smallest absolute Gasteiger partial charge is 0.277 e. The van der Waals surface area contributed by atoms with Crippen molar-refractivity contribution >= 4 is 17.7 Å². The summed E-state index contributed by atoms with van der Waals surface area (Å²) in [6, 6.07) is 16.6. The van der Waals surface area contributed by atoms with Crippen LogP contribution in [0.3, 0.4) is 0 Å². The van der Waals surface area contributed by atoms with Crippen molar-refractivity contribution in [1.29, 1.82) is 0 Å². The predicted molar refractivity (Wildman–Crippen MR) is 128 cm³/mol. The molecule has 33 heavy (non-hydrogen) atoms. The number of aromatic nitrogens is 2. The van der Waals surface area contributed by atoms with E-state index in [1.807, 2.05) is 45.0 Å². The van der Waals surface area contributed by atoms with Crippen LogP contribution in [0.5, 0.6) is 5.75 Å². The van der Waals surface area contributed by atoms with E-state index in [0.29, 0.717) is 11.1 Å². The van der Waals surface area contributed by atoms with Crippen molar-refractivity contribution in [2.24, 2.45) is 0 Å². The van der Waals surface area contributed by atoms with Gasteiger partial charge >= 0.3 is 0 Å². The third kappa shape index (κ3) is 6.58. The lowest BCUT2D eigenvalue weighted by molar-refractivity contribution is -0.120. The van der Waals surface area contributed by atoms with Gasteiger partial charge in [-0.3, -0.25) is 9.69 Å². The molecule has 1 aliphatic rings. The summed E-state index contributed by atoms with van der Waals surface area (Å²) in [4.78, 5) is 15.1. The molecule has 1 fully saturated rings. The molecule has 4 rings (SSSR count). The minimum Gasteiger partial charge on any atom is -0.484 e. The highest BCUT2D eigenvalue weighted by Crippen LogP contribution is 2.24. The number of hydrogen-bond acceptors (Lipinski definition) is 7. The van der Waals surface area contributed by atoms with Crippen LogP contribution in [0.1, 0.15) is 35.9 Å². The Kier molecular flexibility index (Phi) is 7.67. The van der Waals surface area contributed by atoms with E-state index in [0.717, 1.165) is 42.9 Å². The van der Waals surface area contributed by atoms with Gasteiger partial charge in [-0.1, -0.05) is 54.2 Å². The number of thioether (sulfide) groups is 1. The van der Waals surface area contributed by atoms with Crippen molar-refractivity contribution in [3.8, 4) is 5.75 Å². The summed E-state index contributed by atoms with van der Waals surface area (Å²) in [5.41, 5.74) is 3.47. The topological polar surface area (TPSA) is 80.5 Å². The third-order valence-electron chi connectivity index (χ3n) is 5.66. The molecule has 0 saturated carbocycles. The Hall–Kier alpha value is -2.84. The van der Waals surface area contributed by atoms with Crippen LogP contribution in [0.25, 0.3) is 0 Å². The summed E-state index contributed by atoms with van der Waals surface area (Å²) < 4.78 is 11.5. The van der Waals surface area contributed by atoms with Gasteiger partial charge in [-0.2, -0.15) is 0 Å². The number of rotatable bonds is 9. The number of nitrogens with one attached hydrogen (secondary N) is 1. The first kappa shape index (κ1) is 23.3. The molecule has 174 valence electrons. The average Bonchev–Trinajstić information content (AvgIpc) is 3.44. The summed E-state index contributed by atoms with van der Waals surface area (Å²) in [5, 5.41) is 11.3. The summed E-state index contributed by atoms with van der Waals surface area (Å²) >= 11 is 1.27. The molecule has 1 aliphatic heterocycles. The van der Waals surface area contributed by atoms with Crippen LogP contribution >= 0.6 is 11.8 Å². The van der Waals surface area contributed by atoms with Crippen molar-refractivity contribution in [3.63, 3.8) is 0 Å². The van der Waals surface area contributed by atoms with Gasteiger partial charge in [0.2, 0.25) is 5.91 Å². The van der Waals surface area contributed by atoms with Crippen molar-refractivity contribution in [2.75, 3.05) is 13.1 Å². The predicted octanol–water partition coefficient (Wildman–Crippen LogP) is 4.14. The van der Waals surface area contributed by atoms with Gasteiger partial charge in [0.05, 0.1) is 5.25 Å². The summed E-state index contributed by atoms with van der Waals surface area (Å²) in [6.07, 6.45) is 0.955. The van der Waals surface area contributed by atoms with Crippen LogP contribution in [-0.2, 0) is 17.9 Å². The largest absolute Gasteiger partial charge is 0.484 e. The van der Waals surface area contributed by atoms with Gasteiger partial charge in [-0.15, -0.1) is 10.2 Å². The lowest BCUT2D eigenvalue weighted by Gasteiger charge is -2.18. The second-order valence-electron chi connectivity index (χ2n) is 8.49. The molecule has 0 aliphatic carbocycles. The first-order valence-electron chi connectivity index (χ1n) is 11.2. The quantitative estimate of drug-likeness (QED) is 0.475. The molecule has 2 atom stereocenters. The lowest BCUT2D eigenvalue weighted by Crippen LogP contribution is -2.40. The van der Waals surface area contributed by atoms with E-state index in [1.54, 1.807) is 0 Å². The Morgan fingerprint density at radius 2 is 2.06 bits per heavy atom. The van der Waals surface area contributed by atoms with E-state index in [9.17, 15) is 4.79 Å². The first-order valence-corrected chi connectivity index (χ1v) is 12.1. The molecule has 7 nitrogen and oxygen atoms in total. The van der Waals surface area contributed by atoms with Gasteiger partial charge in [-0.05, 0) is 49.9 Å². The second kappa shape index (κ2) is 10.9. The number of likely N-dealkylation sites (tertiary alicyclic amines) is 1. The molecule has 0 unspecified atom stereocenters. The fourth-order valence-electron chi connectivity index (χ4n) is 3.81. The molecule has 1 N–H and O–H groups in total. The van der Waals surface area contributed by atoms with Crippen LogP contribution in [0.4, 0.5) is 0 Å². The Morgan fingerprint density at radius 1 is 1.24 bits per heavy atom. The Bertz CT molecular complexity index is 1070. The van der Waals surface area contributed by atoms with E-state index >= 15 is 0 Å². The number of hydrogen-bond donors (Lipinski definition) is 1. The van der Waals surface area contributed by atoms with E-state index in [4.69, 9.17) is 9.15 Å². The van der Waals surface area contributed by atoms with Crippen LogP contribution in [0, 0.1) is 13.8 Å². The maximum atomic E-state index is 12.7. The van der Waals surface area contributed by atoms with Crippen LogP contribution < -0.4 is 10.1 Å². The number of carbonyl (C=O) groups excluding carboxylic acids is 1. The van der Waals surface area contributed by atoms with Gasteiger partial charge in [0, 0.05) is 25.7 Å². The highest BCUT2D eigenvalue weighted by atomic mass is 32.2. The van der Waals surface area contributed by atoms with E-state index < -0.39 is 0 Å². The number of carbonyl (C=O) groups is 1. The molecular weight excluding hydrogens is 436 g/mol. The normalized spacial score (nSPS) is 17.1. The molecule has 0 radical (unpaired) electrons. The molecule has 2 aromatic carbocycles. The average molecular weight is 467 g/mol. The van der Waals surface area contributed by atoms with Gasteiger partial charge in [0.25, 0.3) is 11.1 Å². The first-order chi connectivity index (χ1) is 16.0. The van der Waals surface area contributed by atoms with Crippen molar-refractivity contribution < 1.29 is 13.9 Å². The maximum Gasteiger partial charge on any atom is 0.277 e. The zero-order chi connectivity index (χ0) is 23.2. The number of amides is 1. The van der Waals surface area contributed by atoms with Crippen LogP contribution in [0.2, 0.25) is 0 Å². The number of benzene rings is 2. The Balaban J connectivity index is 1.22. The number of aryl methyl sites for hydroxylation is 2. The van der Waals surface area contributed by atoms with Crippen LogP contribution in [0.15, 0.2) is 58.2 Å². The van der Waals surface area contributed by atoms with Crippen molar-refractivity contribution in [3.05, 3.63) is 71.1 Å². The monoisotopic (exact) mass is 466 g/mol.